The number of allylic oxidation sites excluding steroid dienone is 2. The molecule has 0 fully saturated rings. The van der Waals surface area contributed by atoms with Crippen LogP contribution in [0, 0.1) is 0 Å². The number of benzene rings is 2. The fraction of sp³-hybridized carbons (Fsp3) is 0.261. The highest BCUT2D eigenvalue weighted by Gasteiger charge is 2.32. The average molecular weight is 473 g/mol. The maximum Gasteiger partial charge on any atom is 0.226 e. The summed E-state index contributed by atoms with van der Waals surface area (Å²) in [5.41, 5.74) is 3.10. The van der Waals surface area contributed by atoms with Gasteiger partial charge < -0.3 is 14.8 Å². The summed E-state index contributed by atoms with van der Waals surface area (Å²) in [5.74, 6) is 1.69. The van der Waals surface area contributed by atoms with Crippen molar-refractivity contribution in [2.45, 2.75) is 33.4 Å². The van der Waals surface area contributed by atoms with Crippen LogP contribution in [0.15, 0.2) is 54.0 Å². The molecule has 1 aliphatic rings. The molecule has 9 heteroatoms. The van der Waals surface area contributed by atoms with Crippen molar-refractivity contribution in [2.75, 3.05) is 11.9 Å². The standard InChI is InChI=1S/C23H22Cl2N4O3/c1-4-31-20-10-16(6-8-19(20)32-11-15-5-7-17(24)18(25)9-15)22-21(14(3)30)13(2)28-23-26-12-27-29(22)23/h5-10,12,22H,4,11H2,1-3H3,(H,26,27,28). The molecule has 0 spiro atoms. The van der Waals surface area contributed by atoms with Crippen LogP contribution in [0.2, 0.25) is 10.0 Å². The summed E-state index contributed by atoms with van der Waals surface area (Å²) in [5, 5.41) is 8.44. The Balaban J connectivity index is 1.68. The van der Waals surface area contributed by atoms with Crippen molar-refractivity contribution in [3.63, 3.8) is 0 Å². The highest BCUT2D eigenvalue weighted by molar-refractivity contribution is 6.42. The monoisotopic (exact) mass is 472 g/mol. The van der Waals surface area contributed by atoms with Gasteiger partial charge in [-0.3, -0.25) is 4.79 Å². The maximum atomic E-state index is 12.5. The van der Waals surface area contributed by atoms with Crippen LogP contribution in [0.4, 0.5) is 5.95 Å². The molecular weight excluding hydrogens is 451 g/mol. The molecule has 4 rings (SSSR count). The first-order valence-corrected chi connectivity index (χ1v) is 10.9. The zero-order valence-electron chi connectivity index (χ0n) is 17.9. The van der Waals surface area contributed by atoms with Crippen LogP contribution in [0.25, 0.3) is 0 Å². The third kappa shape index (κ3) is 4.31. The Morgan fingerprint density at radius 3 is 2.66 bits per heavy atom. The highest BCUT2D eigenvalue weighted by atomic mass is 35.5. The highest BCUT2D eigenvalue weighted by Crippen LogP contribution is 2.39. The number of halogens is 2. The van der Waals surface area contributed by atoms with Crippen LogP contribution in [0.1, 0.15) is 37.9 Å². The van der Waals surface area contributed by atoms with Crippen molar-refractivity contribution in [1.82, 2.24) is 14.8 Å². The molecule has 7 nitrogen and oxygen atoms in total. The molecule has 166 valence electrons. The molecule has 1 unspecified atom stereocenters. The van der Waals surface area contributed by atoms with E-state index in [9.17, 15) is 4.79 Å². The molecule has 0 radical (unpaired) electrons. The van der Waals surface area contributed by atoms with Gasteiger partial charge in [0.15, 0.2) is 17.3 Å². The Bertz CT molecular complexity index is 1210. The molecule has 1 N–H and O–H groups in total. The smallest absolute Gasteiger partial charge is 0.226 e. The van der Waals surface area contributed by atoms with E-state index in [1.54, 1.807) is 23.7 Å². The molecule has 1 aliphatic heterocycles. The first-order chi connectivity index (χ1) is 15.4. The van der Waals surface area contributed by atoms with Gasteiger partial charge >= 0.3 is 0 Å². The SMILES string of the molecule is CCOc1cc(C2C(C(C)=O)=C(C)Nc3ncnn32)ccc1OCc1ccc(Cl)c(Cl)c1. The van der Waals surface area contributed by atoms with Crippen LogP contribution in [0.3, 0.4) is 0 Å². The first kappa shape index (κ1) is 22.2. The summed E-state index contributed by atoms with van der Waals surface area (Å²) in [4.78, 5) is 16.7. The number of carbonyl (C=O) groups excluding carboxylic acids is 1. The lowest BCUT2D eigenvalue weighted by Gasteiger charge is -2.28. The minimum atomic E-state index is -0.422. The Morgan fingerprint density at radius 2 is 1.94 bits per heavy atom. The third-order valence-electron chi connectivity index (χ3n) is 5.14. The van der Waals surface area contributed by atoms with Crippen LogP contribution >= 0.6 is 23.2 Å². The summed E-state index contributed by atoms with van der Waals surface area (Å²) in [6, 6.07) is 10.6. The molecule has 32 heavy (non-hydrogen) atoms. The second kappa shape index (κ2) is 9.22. The number of hydrogen-bond donors (Lipinski definition) is 1. The first-order valence-electron chi connectivity index (χ1n) is 10.1. The second-order valence-corrected chi connectivity index (χ2v) is 8.14. The zero-order chi connectivity index (χ0) is 22.8. The van der Waals surface area contributed by atoms with Crippen LogP contribution < -0.4 is 14.8 Å². The Hall–Kier alpha value is -3.03. The lowest BCUT2D eigenvalue weighted by molar-refractivity contribution is -0.114. The fourth-order valence-corrected chi connectivity index (χ4v) is 4.05. The van der Waals surface area contributed by atoms with Crippen molar-refractivity contribution in [3.05, 3.63) is 75.2 Å². The van der Waals surface area contributed by atoms with Crippen LogP contribution in [-0.4, -0.2) is 27.2 Å². The number of nitrogens with zero attached hydrogens (tertiary/aromatic N) is 3. The summed E-state index contributed by atoms with van der Waals surface area (Å²) < 4.78 is 13.6. The summed E-state index contributed by atoms with van der Waals surface area (Å²) in [6.45, 7) is 6.07. The number of fused-ring (bicyclic) bond motifs is 1. The minimum absolute atomic E-state index is 0.0425. The zero-order valence-corrected chi connectivity index (χ0v) is 19.4. The largest absolute Gasteiger partial charge is 0.490 e. The van der Waals surface area contributed by atoms with E-state index >= 15 is 0 Å². The topological polar surface area (TPSA) is 78.3 Å². The number of aromatic nitrogens is 3. The van der Waals surface area contributed by atoms with Crippen LogP contribution in [0.5, 0.6) is 11.5 Å². The van der Waals surface area contributed by atoms with Crippen molar-refractivity contribution in [1.29, 1.82) is 0 Å². The molecule has 0 aliphatic carbocycles. The van der Waals surface area contributed by atoms with Gasteiger partial charge in [0.05, 0.1) is 16.7 Å². The lowest BCUT2D eigenvalue weighted by Crippen LogP contribution is -2.27. The number of Topliss-reactive ketones (excluding diaryl/α,β-unsaturated/α-hetero) is 1. The molecule has 2 aromatic carbocycles. The van der Waals surface area contributed by atoms with Gasteiger partial charge in [-0.2, -0.15) is 10.1 Å². The predicted octanol–water partition coefficient (Wildman–Crippen LogP) is 5.44. The Morgan fingerprint density at radius 1 is 1.12 bits per heavy atom. The van der Waals surface area contributed by atoms with Gasteiger partial charge in [0.2, 0.25) is 5.95 Å². The quantitative estimate of drug-likeness (QED) is 0.493. The van der Waals surface area contributed by atoms with E-state index in [0.29, 0.717) is 46.3 Å². The molecule has 0 bridgehead atoms. The van der Waals surface area contributed by atoms with E-state index in [-0.39, 0.29) is 5.78 Å². The van der Waals surface area contributed by atoms with Gasteiger partial charge in [0, 0.05) is 11.3 Å². The van der Waals surface area contributed by atoms with Crippen molar-refractivity contribution in [3.8, 4) is 11.5 Å². The third-order valence-corrected chi connectivity index (χ3v) is 5.87. The molecule has 0 amide bonds. The number of rotatable bonds is 7. The number of ether oxygens (including phenoxy) is 2. The van der Waals surface area contributed by atoms with Gasteiger partial charge in [-0.25, -0.2) is 4.68 Å². The number of nitrogens with one attached hydrogen (secondary N) is 1. The molecule has 0 saturated carbocycles. The molecule has 2 heterocycles. The normalized spacial score (nSPS) is 15.2. The molecule has 0 saturated heterocycles. The van der Waals surface area contributed by atoms with E-state index in [0.717, 1.165) is 16.8 Å². The van der Waals surface area contributed by atoms with E-state index < -0.39 is 6.04 Å². The van der Waals surface area contributed by atoms with Gasteiger partial charge in [-0.05, 0) is 56.2 Å². The summed E-state index contributed by atoms with van der Waals surface area (Å²) in [6.07, 6.45) is 1.46. The Kier molecular flexibility index (Phi) is 6.39. The van der Waals surface area contributed by atoms with Crippen molar-refractivity contribution in [2.24, 2.45) is 0 Å². The van der Waals surface area contributed by atoms with E-state index in [4.69, 9.17) is 32.7 Å². The van der Waals surface area contributed by atoms with Crippen molar-refractivity contribution < 1.29 is 14.3 Å². The number of anilines is 1. The molecule has 3 aromatic rings. The lowest BCUT2D eigenvalue weighted by atomic mass is 9.93. The predicted molar refractivity (Wildman–Crippen MR) is 124 cm³/mol. The van der Waals surface area contributed by atoms with Gasteiger partial charge in [0.1, 0.15) is 19.0 Å². The van der Waals surface area contributed by atoms with E-state index in [1.165, 1.54) is 6.33 Å². The second-order valence-electron chi connectivity index (χ2n) is 7.33. The maximum absolute atomic E-state index is 12.5. The van der Waals surface area contributed by atoms with Crippen LogP contribution in [-0.2, 0) is 11.4 Å². The number of hydrogen-bond acceptors (Lipinski definition) is 6. The fourth-order valence-electron chi connectivity index (χ4n) is 3.73. The Labute approximate surface area is 196 Å². The number of ketones is 1. The summed E-state index contributed by atoms with van der Waals surface area (Å²) >= 11 is 12.1. The minimum Gasteiger partial charge on any atom is -0.490 e. The van der Waals surface area contributed by atoms with E-state index in [2.05, 4.69) is 15.4 Å². The van der Waals surface area contributed by atoms with Gasteiger partial charge in [0.25, 0.3) is 0 Å². The van der Waals surface area contributed by atoms with Crippen molar-refractivity contribution >= 4 is 34.9 Å². The molecular formula is C23H22Cl2N4O3. The average Bonchev–Trinajstić information content (AvgIpc) is 3.22. The van der Waals surface area contributed by atoms with Gasteiger partial charge in [-0.15, -0.1) is 0 Å². The van der Waals surface area contributed by atoms with E-state index in [1.807, 2.05) is 38.1 Å². The van der Waals surface area contributed by atoms with Gasteiger partial charge in [-0.1, -0.05) is 35.3 Å². The number of carbonyl (C=O) groups is 1. The molecule has 1 atom stereocenters. The molecule has 1 aromatic heterocycles. The summed E-state index contributed by atoms with van der Waals surface area (Å²) in [7, 11) is 0.